The summed E-state index contributed by atoms with van der Waals surface area (Å²) >= 11 is 12.4. The minimum absolute atomic E-state index is 0.191. The molecule has 4 nitrogen and oxygen atoms in total. The van der Waals surface area contributed by atoms with Crippen molar-refractivity contribution in [1.82, 2.24) is 4.40 Å². The maximum atomic E-state index is 13.2. The van der Waals surface area contributed by atoms with Gasteiger partial charge in [-0.25, -0.2) is 0 Å². The third-order valence-corrected chi connectivity index (χ3v) is 5.84. The summed E-state index contributed by atoms with van der Waals surface area (Å²) in [6.45, 7) is 1.94. The molecule has 32 heavy (non-hydrogen) atoms. The zero-order valence-electron chi connectivity index (χ0n) is 17.4. The Labute approximate surface area is 195 Å². The van der Waals surface area contributed by atoms with E-state index in [1.165, 1.54) is 6.08 Å². The molecule has 0 amide bonds. The van der Waals surface area contributed by atoms with E-state index in [2.05, 4.69) is 0 Å². The van der Waals surface area contributed by atoms with E-state index in [1.54, 1.807) is 72.3 Å². The Balaban J connectivity index is 1.76. The average Bonchev–Trinajstić information content (AvgIpc) is 3.17. The molecule has 0 saturated carbocycles. The standard InChI is InChI=1S/C26H19Cl2NO3/c1-16-12-13-29-23(14-16)20(25(30)11-10-19-21(27)4-3-5-22(19)28)15-24(29)26(31)17-6-8-18(32-2)9-7-17/h3-15H,1-2H3/b11-10+. The second kappa shape index (κ2) is 9.03. The maximum absolute atomic E-state index is 13.2. The van der Waals surface area contributed by atoms with E-state index in [4.69, 9.17) is 27.9 Å². The van der Waals surface area contributed by atoms with Crippen LogP contribution in [0.25, 0.3) is 11.6 Å². The number of pyridine rings is 1. The molecule has 160 valence electrons. The molecule has 0 N–H and O–H groups in total. The predicted molar refractivity (Wildman–Crippen MR) is 128 cm³/mol. The van der Waals surface area contributed by atoms with Gasteiger partial charge in [0.25, 0.3) is 0 Å². The lowest BCUT2D eigenvalue weighted by Crippen LogP contribution is -2.05. The van der Waals surface area contributed by atoms with Crippen LogP contribution in [0.1, 0.15) is 37.5 Å². The molecule has 6 heteroatoms. The third kappa shape index (κ3) is 4.20. The number of hydrogen-bond acceptors (Lipinski definition) is 3. The molecule has 0 aliphatic rings. The first-order chi connectivity index (χ1) is 15.4. The van der Waals surface area contributed by atoms with E-state index in [0.29, 0.717) is 43.7 Å². The molecule has 0 aliphatic carbocycles. The third-order valence-electron chi connectivity index (χ3n) is 5.18. The second-order valence-electron chi connectivity index (χ2n) is 7.29. The fourth-order valence-corrected chi connectivity index (χ4v) is 4.01. The molecule has 0 spiro atoms. The Kier molecular flexibility index (Phi) is 6.17. The van der Waals surface area contributed by atoms with Crippen molar-refractivity contribution in [3.05, 3.63) is 111 Å². The van der Waals surface area contributed by atoms with E-state index >= 15 is 0 Å². The molecule has 0 aliphatic heterocycles. The Bertz CT molecular complexity index is 1350. The fraction of sp³-hybridized carbons (Fsp3) is 0.0769. The summed E-state index contributed by atoms with van der Waals surface area (Å²) in [5.41, 5.74) is 3.53. The van der Waals surface area contributed by atoms with Crippen LogP contribution >= 0.6 is 23.2 Å². The van der Waals surface area contributed by atoms with Crippen LogP contribution in [0.3, 0.4) is 0 Å². The quantitative estimate of drug-likeness (QED) is 0.236. The topological polar surface area (TPSA) is 47.8 Å². The van der Waals surface area contributed by atoms with Crippen LogP contribution in [0, 0.1) is 6.92 Å². The van der Waals surface area contributed by atoms with Gasteiger partial charge in [-0.1, -0.05) is 29.3 Å². The number of fused-ring (bicyclic) bond motifs is 1. The monoisotopic (exact) mass is 463 g/mol. The molecule has 0 atom stereocenters. The van der Waals surface area contributed by atoms with Crippen molar-refractivity contribution in [3.63, 3.8) is 0 Å². The van der Waals surface area contributed by atoms with E-state index in [1.807, 2.05) is 19.1 Å². The van der Waals surface area contributed by atoms with E-state index in [-0.39, 0.29) is 11.6 Å². The number of carbonyl (C=O) groups excluding carboxylic acids is 2. The molecular formula is C26H19Cl2NO3. The summed E-state index contributed by atoms with van der Waals surface area (Å²) in [4.78, 5) is 26.3. The number of benzene rings is 2. The summed E-state index contributed by atoms with van der Waals surface area (Å²) in [5, 5.41) is 0.906. The summed E-state index contributed by atoms with van der Waals surface area (Å²) < 4.78 is 6.91. The van der Waals surface area contributed by atoms with E-state index in [0.717, 1.165) is 5.56 Å². The lowest BCUT2D eigenvalue weighted by Gasteiger charge is -2.05. The Morgan fingerprint density at radius 1 is 0.969 bits per heavy atom. The Hall–Kier alpha value is -3.34. The molecule has 0 unspecified atom stereocenters. The van der Waals surface area contributed by atoms with Gasteiger partial charge in [-0.3, -0.25) is 9.59 Å². The first-order valence-corrected chi connectivity index (χ1v) is 10.6. The fourth-order valence-electron chi connectivity index (χ4n) is 3.48. The molecule has 4 rings (SSSR count). The van der Waals surface area contributed by atoms with Gasteiger partial charge in [0.05, 0.1) is 18.3 Å². The highest BCUT2D eigenvalue weighted by Crippen LogP contribution is 2.27. The van der Waals surface area contributed by atoms with Crippen LogP contribution in [0.4, 0.5) is 0 Å². The zero-order chi connectivity index (χ0) is 22.8. The number of aromatic nitrogens is 1. The SMILES string of the molecule is COc1ccc(C(=O)c2cc(C(=O)/C=C/c3c(Cl)cccc3Cl)c3cc(C)ccn23)cc1. The summed E-state index contributed by atoms with van der Waals surface area (Å²) in [7, 11) is 1.57. The number of hydrogen-bond donors (Lipinski definition) is 0. The number of ether oxygens (including phenoxy) is 1. The zero-order valence-corrected chi connectivity index (χ0v) is 18.9. The molecule has 0 fully saturated rings. The van der Waals surface area contributed by atoms with Gasteiger partial charge >= 0.3 is 0 Å². The molecule has 2 heterocycles. The number of methoxy groups -OCH3 is 1. The minimum Gasteiger partial charge on any atom is -0.497 e. The smallest absolute Gasteiger partial charge is 0.209 e. The summed E-state index contributed by atoms with van der Waals surface area (Å²) in [6.07, 6.45) is 4.82. The van der Waals surface area contributed by atoms with Crippen LogP contribution in [-0.2, 0) is 0 Å². The molecule has 2 aromatic carbocycles. The van der Waals surface area contributed by atoms with Gasteiger partial charge in [-0.05, 0) is 79.2 Å². The largest absolute Gasteiger partial charge is 0.497 e. The van der Waals surface area contributed by atoms with Gasteiger partial charge in [0.2, 0.25) is 5.78 Å². The van der Waals surface area contributed by atoms with Gasteiger partial charge in [0.15, 0.2) is 5.78 Å². The highest BCUT2D eigenvalue weighted by atomic mass is 35.5. The van der Waals surface area contributed by atoms with Gasteiger partial charge in [-0.15, -0.1) is 0 Å². The van der Waals surface area contributed by atoms with E-state index in [9.17, 15) is 9.59 Å². The highest BCUT2D eigenvalue weighted by molar-refractivity contribution is 6.37. The maximum Gasteiger partial charge on any atom is 0.209 e. The molecular weight excluding hydrogens is 445 g/mol. The Morgan fingerprint density at radius 3 is 2.31 bits per heavy atom. The van der Waals surface area contributed by atoms with Gasteiger partial charge in [0, 0.05) is 32.9 Å². The van der Waals surface area contributed by atoms with Crippen molar-refractivity contribution >= 4 is 46.4 Å². The normalized spacial score (nSPS) is 11.2. The van der Waals surface area contributed by atoms with Crippen LogP contribution in [0.15, 0.2) is 72.9 Å². The van der Waals surface area contributed by atoms with Gasteiger partial charge in [-0.2, -0.15) is 0 Å². The molecule has 0 radical (unpaired) electrons. The number of nitrogens with zero attached hydrogens (tertiary/aromatic N) is 1. The molecule has 4 aromatic rings. The van der Waals surface area contributed by atoms with Gasteiger partial charge < -0.3 is 9.14 Å². The Morgan fingerprint density at radius 2 is 1.66 bits per heavy atom. The minimum atomic E-state index is -0.252. The lowest BCUT2D eigenvalue weighted by molar-refractivity contribution is 0.103. The summed E-state index contributed by atoms with van der Waals surface area (Å²) in [6, 6.07) is 17.4. The first-order valence-electron chi connectivity index (χ1n) is 9.86. The van der Waals surface area contributed by atoms with Crippen LogP contribution in [-0.4, -0.2) is 23.1 Å². The van der Waals surface area contributed by atoms with Crippen molar-refractivity contribution in [1.29, 1.82) is 0 Å². The van der Waals surface area contributed by atoms with Crippen molar-refractivity contribution in [2.75, 3.05) is 7.11 Å². The summed E-state index contributed by atoms with van der Waals surface area (Å²) in [5.74, 6) is 0.220. The highest BCUT2D eigenvalue weighted by Gasteiger charge is 2.20. The van der Waals surface area contributed by atoms with Crippen molar-refractivity contribution in [2.24, 2.45) is 0 Å². The number of allylic oxidation sites excluding steroid dienone is 1. The molecule has 0 bridgehead atoms. The number of halogens is 2. The van der Waals surface area contributed by atoms with Crippen molar-refractivity contribution in [3.8, 4) is 5.75 Å². The van der Waals surface area contributed by atoms with E-state index < -0.39 is 0 Å². The van der Waals surface area contributed by atoms with Crippen molar-refractivity contribution < 1.29 is 14.3 Å². The molecule has 0 saturated heterocycles. The molecule has 2 aromatic heterocycles. The average molecular weight is 464 g/mol. The van der Waals surface area contributed by atoms with Crippen LogP contribution in [0.5, 0.6) is 5.75 Å². The predicted octanol–water partition coefficient (Wildman–Crippen LogP) is 6.69. The van der Waals surface area contributed by atoms with Gasteiger partial charge in [0.1, 0.15) is 5.75 Å². The van der Waals surface area contributed by atoms with Crippen LogP contribution < -0.4 is 4.74 Å². The number of aryl methyl sites for hydroxylation is 1. The second-order valence-corrected chi connectivity index (χ2v) is 8.11. The van der Waals surface area contributed by atoms with Crippen LogP contribution in [0.2, 0.25) is 10.0 Å². The number of rotatable bonds is 6. The first kappa shape index (κ1) is 21.9. The lowest BCUT2D eigenvalue weighted by atomic mass is 10.1. The van der Waals surface area contributed by atoms with Crippen molar-refractivity contribution in [2.45, 2.75) is 6.92 Å². The number of ketones is 2. The number of carbonyl (C=O) groups is 2.